The van der Waals surface area contributed by atoms with Crippen molar-refractivity contribution in [2.45, 2.75) is 19.1 Å². The Morgan fingerprint density at radius 3 is 2.91 bits per heavy atom. The smallest absolute Gasteiger partial charge is 0.260 e. The van der Waals surface area contributed by atoms with Crippen molar-refractivity contribution in [1.29, 1.82) is 0 Å². The Balaban J connectivity index is 1.90. The van der Waals surface area contributed by atoms with Crippen molar-refractivity contribution in [2.24, 2.45) is 0 Å². The maximum absolute atomic E-state index is 12.9. The number of nitrogens with zero attached hydrogens (tertiary/aromatic N) is 1. The molecule has 8 heteroatoms. The summed E-state index contributed by atoms with van der Waals surface area (Å²) in [6.45, 7) is 5.37. The lowest BCUT2D eigenvalue weighted by molar-refractivity contribution is -0.110. The van der Waals surface area contributed by atoms with E-state index in [9.17, 15) is 9.90 Å². The van der Waals surface area contributed by atoms with E-state index in [1.54, 1.807) is 12.3 Å². The molecular weight excluding hydrogens is 442 g/mol. The number of aromatic nitrogens is 1. The quantitative estimate of drug-likeness (QED) is 0.363. The molecule has 170 valence electrons. The molecule has 0 aliphatic carbocycles. The highest BCUT2D eigenvalue weighted by atomic mass is 35.5. The number of fused-ring (bicyclic) bond motifs is 2. The lowest BCUT2D eigenvalue weighted by atomic mass is 9.97. The molecule has 0 saturated heterocycles. The zero-order chi connectivity index (χ0) is 23.5. The molecule has 33 heavy (non-hydrogen) atoms. The second-order valence-corrected chi connectivity index (χ2v) is 7.95. The summed E-state index contributed by atoms with van der Waals surface area (Å²) >= 11 is 6.78. The van der Waals surface area contributed by atoms with Crippen LogP contribution in [0.5, 0.6) is 0 Å². The van der Waals surface area contributed by atoms with Crippen molar-refractivity contribution in [3.8, 4) is 0 Å². The Labute approximate surface area is 196 Å². The number of para-hydroxylation sites is 1. The first kappa shape index (κ1) is 22.8. The van der Waals surface area contributed by atoms with E-state index in [-0.39, 0.29) is 19.1 Å². The molecule has 0 spiro atoms. The summed E-state index contributed by atoms with van der Waals surface area (Å²) in [5.41, 5.74) is 3.93. The number of ether oxygens (including phenoxy) is 1. The highest BCUT2D eigenvalue weighted by molar-refractivity contribution is 6.37. The number of anilines is 2. The normalized spacial score (nSPS) is 20.3. The van der Waals surface area contributed by atoms with Crippen molar-refractivity contribution in [3.05, 3.63) is 88.6 Å². The van der Waals surface area contributed by atoms with E-state index < -0.39 is 12.2 Å². The SMILES string of the molecule is C=CC=C(C=CC)C1OC(=C2C(=O)Nc3ccccc32)c2cnc(NCC(O)CO)c(Cl)c21. The van der Waals surface area contributed by atoms with Crippen LogP contribution in [0.25, 0.3) is 11.3 Å². The maximum atomic E-state index is 12.9. The number of aliphatic hydroxyl groups excluding tert-OH is 2. The number of aliphatic hydroxyl groups is 2. The van der Waals surface area contributed by atoms with Crippen LogP contribution < -0.4 is 10.6 Å². The third kappa shape index (κ3) is 4.18. The molecule has 2 aliphatic rings. The van der Waals surface area contributed by atoms with Crippen molar-refractivity contribution in [1.82, 2.24) is 4.98 Å². The van der Waals surface area contributed by atoms with Crippen LogP contribution in [-0.2, 0) is 9.53 Å². The number of carbonyl (C=O) groups excluding carboxylic acids is 1. The largest absolute Gasteiger partial charge is 0.479 e. The van der Waals surface area contributed by atoms with Crippen molar-refractivity contribution >= 4 is 40.3 Å². The number of carbonyl (C=O) groups is 1. The molecule has 0 fully saturated rings. The molecule has 3 heterocycles. The van der Waals surface area contributed by atoms with E-state index in [0.717, 1.165) is 11.1 Å². The first-order valence-corrected chi connectivity index (χ1v) is 10.9. The number of allylic oxidation sites excluding steroid dienone is 3. The van der Waals surface area contributed by atoms with Crippen LogP contribution in [0.2, 0.25) is 5.02 Å². The molecule has 4 rings (SSSR count). The molecule has 2 atom stereocenters. The average Bonchev–Trinajstić information content (AvgIpc) is 3.35. The highest BCUT2D eigenvalue weighted by Gasteiger charge is 2.39. The minimum Gasteiger partial charge on any atom is -0.479 e. The van der Waals surface area contributed by atoms with Gasteiger partial charge in [-0.15, -0.1) is 0 Å². The summed E-state index contributed by atoms with van der Waals surface area (Å²) < 4.78 is 6.40. The Hall–Kier alpha value is -3.39. The third-order valence-electron chi connectivity index (χ3n) is 5.39. The fourth-order valence-electron chi connectivity index (χ4n) is 3.91. The summed E-state index contributed by atoms with van der Waals surface area (Å²) in [7, 11) is 0. The molecule has 2 unspecified atom stereocenters. The Bertz CT molecular complexity index is 1200. The van der Waals surface area contributed by atoms with E-state index in [1.165, 1.54) is 0 Å². The summed E-state index contributed by atoms with van der Waals surface area (Å²) in [5.74, 6) is 0.480. The maximum Gasteiger partial charge on any atom is 0.260 e. The molecule has 1 aromatic carbocycles. The van der Waals surface area contributed by atoms with Crippen LogP contribution in [-0.4, -0.2) is 40.4 Å². The summed E-state index contributed by atoms with van der Waals surface area (Å²) in [5, 5.41) is 25.0. The second-order valence-electron chi connectivity index (χ2n) is 7.57. The summed E-state index contributed by atoms with van der Waals surface area (Å²) in [6.07, 6.45) is 7.30. The number of rotatable bonds is 7. The summed E-state index contributed by atoms with van der Waals surface area (Å²) in [4.78, 5) is 17.3. The predicted octanol–water partition coefficient (Wildman–Crippen LogP) is 4.08. The molecule has 1 amide bonds. The van der Waals surface area contributed by atoms with Gasteiger partial charge >= 0.3 is 0 Å². The van der Waals surface area contributed by atoms with Gasteiger partial charge in [0.1, 0.15) is 11.6 Å². The van der Waals surface area contributed by atoms with Gasteiger partial charge in [-0.05, 0) is 18.6 Å². The molecule has 2 aliphatic heterocycles. The molecule has 0 radical (unpaired) electrons. The molecule has 0 bridgehead atoms. The van der Waals surface area contributed by atoms with Crippen LogP contribution in [0.15, 0.2) is 66.9 Å². The van der Waals surface area contributed by atoms with Gasteiger partial charge in [-0.1, -0.05) is 60.7 Å². The molecular formula is C25H24ClN3O4. The number of amides is 1. The van der Waals surface area contributed by atoms with E-state index >= 15 is 0 Å². The number of hydrogen-bond acceptors (Lipinski definition) is 6. The molecule has 4 N–H and O–H groups in total. The summed E-state index contributed by atoms with van der Waals surface area (Å²) in [6, 6.07) is 7.41. The third-order valence-corrected chi connectivity index (χ3v) is 5.77. The Morgan fingerprint density at radius 2 is 2.18 bits per heavy atom. The first-order chi connectivity index (χ1) is 16.0. The van der Waals surface area contributed by atoms with Crippen LogP contribution in [0.1, 0.15) is 29.7 Å². The fourth-order valence-corrected chi connectivity index (χ4v) is 4.23. The zero-order valence-electron chi connectivity index (χ0n) is 18.0. The Kier molecular flexibility index (Phi) is 6.65. The molecule has 1 aromatic heterocycles. The highest BCUT2D eigenvalue weighted by Crippen LogP contribution is 2.51. The average molecular weight is 466 g/mol. The van der Waals surface area contributed by atoms with Gasteiger partial charge in [-0.3, -0.25) is 4.79 Å². The number of halogens is 1. The van der Waals surface area contributed by atoms with Gasteiger partial charge in [0.25, 0.3) is 5.91 Å². The topological polar surface area (TPSA) is 104 Å². The van der Waals surface area contributed by atoms with E-state index in [4.69, 9.17) is 21.4 Å². The van der Waals surface area contributed by atoms with Gasteiger partial charge in [0.2, 0.25) is 0 Å². The van der Waals surface area contributed by atoms with Crippen LogP contribution in [0, 0.1) is 0 Å². The van der Waals surface area contributed by atoms with Crippen LogP contribution in [0.3, 0.4) is 0 Å². The van der Waals surface area contributed by atoms with E-state index in [0.29, 0.717) is 39.0 Å². The van der Waals surface area contributed by atoms with Crippen molar-refractivity contribution < 1.29 is 19.7 Å². The van der Waals surface area contributed by atoms with Crippen LogP contribution in [0.4, 0.5) is 11.5 Å². The lowest BCUT2D eigenvalue weighted by Gasteiger charge is -2.16. The first-order valence-electron chi connectivity index (χ1n) is 10.5. The second kappa shape index (κ2) is 9.62. The Morgan fingerprint density at radius 1 is 1.39 bits per heavy atom. The minimum absolute atomic E-state index is 0.0709. The van der Waals surface area contributed by atoms with Gasteiger partial charge in [0.05, 0.1) is 23.3 Å². The van der Waals surface area contributed by atoms with Gasteiger partial charge in [-0.2, -0.15) is 0 Å². The van der Waals surface area contributed by atoms with Crippen molar-refractivity contribution in [2.75, 3.05) is 23.8 Å². The monoisotopic (exact) mass is 465 g/mol. The predicted molar refractivity (Wildman–Crippen MR) is 130 cm³/mol. The molecule has 0 saturated carbocycles. The van der Waals surface area contributed by atoms with Crippen LogP contribution >= 0.6 is 11.6 Å². The van der Waals surface area contributed by atoms with Crippen molar-refractivity contribution in [3.63, 3.8) is 0 Å². The fraction of sp³-hybridized carbons (Fsp3) is 0.200. The number of pyridine rings is 1. The van der Waals surface area contributed by atoms with E-state index in [2.05, 4.69) is 22.2 Å². The van der Waals surface area contributed by atoms with E-state index in [1.807, 2.05) is 49.4 Å². The molecule has 2 aromatic rings. The zero-order valence-corrected chi connectivity index (χ0v) is 18.8. The number of hydrogen-bond donors (Lipinski definition) is 4. The standard InChI is InChI=1S/C25H24ClN3O4/c1-3-7-14(8-4-2)22-19-17(12-28-24(21(19)26)27-11-15(31)13-30)23(33-22)20-16-9-5-6-10-18(16)29-25(20)32/h3-10,12,15,22,30-31H,1,11,13H2,2H3,(H,27,28)(H,29,32). The number of benzene rings is 1. The molecule has 7 nitrogen and oxygen atoms in total. The van der Waals surface area contributed by atoms with Gasteiger partial charge in [0, 0.05) is 35.1 Å². The van der Waals surface area contributed by atoms with Gasteiger partial charge in [-0.25, -0.2) is 4.98 Å². The van der Waals surface area contributed by atoms with Gasteiger partial charge < -0.3 is 25.6 Å². The number of nitrogens with one attached hydrogen (secondary N) is 2. The van der Waals surface area contributed by atoms with Gasteiger partial charge in [0.15, 0.2) is 6.10 Å². The lowest BCUT2D eigenvalue weighted by Crippen LogP contribution is -2.23. The minimum atomic E-state index is -0.959.